The van der Waals surface area contributed by atoms with Crippen LogP contribution in [0.4, 0.5) is 10.3 Å². The summed E-state index contributed by atoms with van der Waals surface area (Å²) in [5, 5.41) is 3.38. The SMILES string of the molecule is COC(=O)CN(C)Cc1ccn2c(-c3ccnc(N[C@@H](C)c4ccccc4)n3)c(-c3ccc(F)cc3)nc2c1. The summed E-state index contributed by atoms with van der Waals surface area (Å²) in [5.74, 6) is -0.122. The lowest BCUT2D eigenvalue weighted by Gasteiger charge is -2.15. The first-order valence-electron chi connectivity index (χ1n) is 12.6. The third kappa shape index (κ3) is 5.94. The number of hydrogen-bond acceptors (Lipinski definition) is 7. The molecule has 1 atom stereocenters. The van der Waals surface area contributed by atoms with Crippen LogP contribution in [0, 0.1) is 5.82 Å². The Morgan fingerprint density at radius 2 is 1.85 bits per heavy atom. The summed E-state index contributed by atoms with van der Waals surface area (Å²) >= 11 is 0. The molecule has 5 rings (SSSR count). The van der Waals surface area contributed by atoms with Gasteiger partial charge in [-0.05, 0) is 67.6 Å². The molecule has 0 radical (unpaired) electrons. The second-order valence-corrected chi connectivity index (χ2v) is 9.37. The maximum Gasteiger partial charge on any atom is 0.319 e. The number of nitrogens with zero attached hydrogens (tertiary/aromatic N) is 5. The van der Waals surface area contributed by atoms with E-state index in [1.165, 1.54) is 19.2 Å². The van der Waals surface area contributed by atoms with Crippen LogP contribution in [0.15, 0.2) is 85.2 Å². The molecule has 8 nitrogen and oxygen atoms in total. The summed E-state index contributed by atoms with van der Waals surface area (Å²) in [7, 11) is 3.23. The summed E-state index contributed by atoms with van der Waals surface area (Å²) in [6.45, 7) is 2.78. The van der Waals surface area contributed by atoms with E-state index < -0.39 is 0 Å². The Bertz CT molecular complexity index is 1590. The highest BCUT2D eigenvalue weighted by atomic mass is 19.1. The number of esters is 1. The van der Waals surface area contributed by atoms with Gasteiger partial charge in [0.1, 0.15) is 11.5 Å². The predicted molar refractivity (Wildman–Crippen MR) is 148 cm³/mol. The minimum atomic E-state index is -0.316. The largest absolute Gasteiger partial charge is 0.468 e. The van der Waals surface area contributed by atoms with E-state index in [9.17, 15) is 9.18 Å². The molecule has 3 heterocycles. The number of aromatic nitrogens is 4. The molecule has 2 aromatic carbocycles. The summed E-state index contributed by atoms with van der Waals surface area (Å²) in [4.78, 5) is 27.7. The average molecular weight is 525 g/mol. The molecule has 0 fully saturated rings. The fourth-order valence-electron chi connectivity index (χ4n) is 4.47. The fraction of sp³-hybridized carbons (Fsp3) is 0.200. The van der Waals surface area contributed by atoms with E-state index in [2.05, 4.69) is 29.4 Å². The lowest BCUT2D eigenvalue weighted by atomic mass is 10.1. The smallest absolute Gasteiger partial charge is 0.319 e. The number of carbonyl (C=O) groups is 1. The van der Waals surface area contributed by atoms with Crippen LogP contribution in [0.3, 0.4) is 0 Å². The molecule has 0 bridgehead atoms. The molecule has 0 saturated carbocycles. The van der Waals surface area contributed by atoms with E-state index in [1.807, 2.05) is 58.9 Å². The van der Waals surface area contributed by atoms with Gasteiger partial charge < -0.3 is 10.1 Å². The van der Waals surface area contributed by atoms with Crippen molar-refractivity contribution in [3.8, 4) is 22.6 Å². The van der Waals surface area contributed by atoms with E-state index in [0.717, 1.165) is 22.4 Å². The standard InChI is InChI=1S/C30H29FN6O2/c1-20(22-7-5-4-6-8-22)33-30-32-15-13-25(34-30)29-28(23-9-11-24(31)12-10-23)35-26-17-21(14-16-37(26)29)18-36(2)19-27(38)39-3/h4-17,20H,18-19H2,1-3H3,(H,32,33,34)/t20-/m0/s1. The zero-order valence-corrected chi connectivity index (χ0v) is 22.0. The Hall–Kier alpha value is -4.63. The maximum atomic E-state index is 13.7. The minimum absolute atomic E-state index is 0.00439. The van der Waals surface area contributed by atoms with Crippen molar-refractivity contribution in [2.75, 3.05) is 26.0 Å². The number of anilines is 1. The molecule has 39 heavy (non-hydrogen) atoms. The van der Waals surface area contributed by atoms with Gasteiger partial charge in [-0.15, -0.1) is 0 Å². The van der Waals surface area contributed by atoms with E-state index >= 15 is 0 Å². The second-order valence-electron chi connectivity index (χ2n) is 9.37. The van der Waals surface area contributed by atoms with Gasteiger partial charge in [-0.3, -0.25) is 14.1 Å². The van der Waals surface area contributed by atoms with Crippen LogP contribution < -0.4 is 5.32 Å². The fourth-order valence-corrected chi connectivity index (χ4v) is 4.47. The summed E-state index contributed by atoms with van der Waals surface area (Å²) in [6.07, 6.45) is 3.65. The first kappa shape index (κ1) is 26.0. The van der Waals surface area contributed by atoms with Crippen LogP contribution in [0.25, 0.3) is 28.3 Å². The number of hydrogen-bond donors (Lipinski definition) is 1. The lowest BCUT2D eigenvalue weighted by molar-refractivity contribution is -0.141. The number of halogens is 1. The van der Waals surface area contributed by atoms with Gasteiger partial charge in [-0.25, -0.2) is 19.3 Å². The zero-order valence-electron chi connectivity index (χ0n) is 22.0. The van der Waals surface area contributed by atoms with Crippen LogP contribution in [-0.4, -0.2) is 50.9 Å². The molecule has 0 aliphatic carbocycles. The third-order valence-corrected chi connectivity index (χ3v) is 6.43. The number of nitrogens with one attached hydrogen (secondary N) is 1. The van der Waals surface area contributed by atoms with Crippen LogP contribution in [-0.2, 0) is 16.1 Å². The van der Waals surface area contributed by atoms with Gasteiger partial charge in [0.25, 0.3) is 0 Å². The molecule has 0 unspecified atom stereocenters. The van der Waals surface area contributed by atoms with Crippen LogP contribution in [0.1, 0.15) is 24.1 Å². The third-order valence-electron chi connectivity index (χ3n) is 6.43. The predicted octanol–water partition coefficient (Wildman–Crippen LogP) is 5.38. The summed E-state index contributed by atoms with van der Waals surface area (Å²) in [5.41, 5.74) is 5.70. The van der Waals surface area contributed by atoms with Gasteiger partial charge in [0.2, 0.25) is 5.95 Å². The molecule has 0 amide bonds. The maximum absolute atomic E-state index is 13.7. The lowest BCUT2D eigenvalue weighted by Crippen LogP contribution is -2.26. The Morgan fingerprint density at radius 3 is 2.59 bits per heavy atom. The van der Waals surface area contributed by atoms with Gasteiger partial charge >= 0.3 is 5.97 Å². The van der Waals surface area contributed by atoms with Gasteiger partial charge in [0.15, 0.2) is 0 Å². The highest BCUT2D eigenvalue weighted by Gasteiger charge is 2.19. The molecule has 0 aliphatic rings. The van der Waals surface area contributed by atoms with Crippen molar-refractivity contribution in [3.05, 3.63) is 102 Å². The van der Waals surface area contributed by atoms with Crippen LogP contribution in [0.5, 0.6) is 0 Å². The van der Waals surface area contributed by atoms with Crippen LogP contribution in [0.2, 0.25) is 0 Å². The quantitative estimate of drug-likeness (QED) is 0.259. The van der Waals surface area contributed by atoms with E-state index in [4.69, 9.17) is 14.7 Å². The van der Waals surface area contributed by atoms with Crippen molar-refractivity contribution in [1.82, 2.24) is 24.3 Å². The molecule has 9 heteroatoms. The molecular formula is C30H29FN6O2. The molecule has 1 N–H and O–H groups in total. The Morgan fingerprint density at radius 1 is 1.08 bits per heavy atom. The monoisotopic (exact) mass is 524 g/mol. The van der Waals surface area contributed by atoms with E-state index in [0.29, 0.717) is 29.5 Å². The molecule has 0 aliphatic heterocycles. The first-order chi connectivity index (χ1) is 18.9. The molecule has 198 valence electrons. The van der Waals surface area contributed by atoms with Crippen LogP contribution >= 0.6 is 0 Å². The topological polar surface area (TPSA) is 84.7 Å². The van der Waals surface area contributed by atoms with Crippen molar-refractivity contribution in [3.63, 3.8) is 0 Å². The van der Waals surface area contributed by atoms with Gasteiger partial charge in [0.05, 0.1) is 36.8 Å². The number of rotatable bonds is 9. The first-order valence-corrected chi connectivity index (χ1v) is 12.6. The normalized spacial score (nSPS) is 12.0. The number of pyridine rings is 1. The second kappa shape index (κ2) is 11.4. The van der Waals surface area contributed by atoms with Crippen molar-refractivity contribution < 1.29 is 13.9 Å². The Labute approximate surface area is 226 Å². The van der Waals surface area contributed by atoms with E-state index in [-0.39, 0.29) is 24.4 Å². The van der Waals surface area contributed by atoms with Gasteiger partial charge in [-0.2, -0.15) is 0 Å². The molecular weight excluding hydrogens is 495 g/mol. The molecule has 0 spiro atoms. The number of benzene rings is 2. The number of carbonyl (C=O) groups excluding carboxylic acids is 1. The number of ether oxygens (including phenoxy) is 1. The van der Waals surface area contributed by atoms with Crippen molar-refractivity contribution in [2.45, 2.75) is 19.5 Å². The van der Waals surface area contributed by atoms with Crippen molar-refractivity contribution >= 4 is 17.6 Å². The minimum Gasteiger partial charge on any atom is -0.468 e. The number of fused-ring (bicyclic) bond motifs is 1. The molecule has 0 saturated heterocycles. The average Bonchev–Trinajstić information content (AvgIpc) is 3.32. The van der Waals surface area contributed by atoms with Crippen molar-refractivity contribution in [2.24, 2.45) is 0 Å². The zero-order chi connectivity index (χ0) is 27.4. The van der Waals surface area contributed by atoms with E-state index in [1.54, 1.807) is 18.3 Å². The highest BCUT2D eigenvalue weighted by Crippen LogP contribution is 2.33. The molecule has 3 aromatic heterocycles. The summed E-state index contributed by atoms with van der Waals surface area (Å²) in [6, 6.07) is 22.2. The number of likely N-dealkylation sites (N-methyl/N-ethyl adjacent to an activating group) is 1. The number of methoxy groups -OCH3 is 1. The highest BCUT2D eigenvalue weighted by molar-refractivity contribution is 5.81. The Kier molecular flexibility index (Phi) is 7.60. The van der Waals surface area contributed by atoms with Gasteiger partial charge in [0, 0.05) is 24.5 Å². The van der Waals surface area contributed by atoms with Gasteiger partial charge in [-0.1, -0.05) is 30.3 Å². The van der Waals surface area contributed by atoms with Crippen molar-refractivity contribution in [1.29, 1.82) is 0 Å². The Balaban J connectivity index is 1.54. The molecule has 5 aromatic rings. The number of imidazole rings is 1. The summed E-state index contributed by atoms with van der Waals surface area (Å²) < 4.78 is 20.5.